The van der Waals surface area contributed by atoms with E-state index < -0.39 is 43.2 Å². The fourth-order valence-electron chi connectivity index (χ4n) is 1.20. The highest BCUT2D eigenvalue weighted by Crippen LogP contribution is 2.48. The number of benzene rings is 1. The van der Waals surface area contributed by atoms with Crippen LogP contribution in [0.1, 0.15) is 5.56 Å². The van der Waals surface area contributed by atoms with Crippen molar-refractivity contribution in [3.8, 4) is 5.75 Å². The van der Waals surface area contributed by atoms with Gasteiger partial charge in [0, 0.05) is 10.5 Å². The van der Waals surface area contributed by atoms with Crippen molar-refractivity contribution in [1.29, 1.82) is 0 Å². The van der Waals surface area contributed by atoms with Gasteiger partial charge in [-0.15, -0.1) is 0 Å². The molecule has 0 aliphatic rings. The molecule has 18 heavy (non-hydrogen) atoms. The summed E-state index contributed by atoms with van der Waals surface area (Å²) in [6, 6.07) is 0.352. The monoisotopic (exact) mass is 330 g/mol. The van der Waals surface area contributed by atoms with Crippen LogP contribution in [0.3, 0.4) is 0 Å². The number of nitrogens with zero attached hydrogens (tertiary/aromatic N) is 2. The number of aromatic hydroxyl groups is 1. The van der Waals surface area contributed by atoms with Gasteiger partial charge in [-0.2, -0.15) is 13.2 Å². The molecule has 0 aliphatic heterocycles. The molecular weight excluding hydrogens is 329 g/mol. The SMILES string of the molecule is O=[N+]([O-])c1cc(Br)c(C(F)(F)F)c([N+](=O)[O-])c1O. The number of halogens is 4. The molecule has 11 heteroatoms. The fraction of sp³-hybridized carbons (Fsp3) is 0.143. The topological polar surface area (TPSA) is 107 Å². The van der Waals surface area contributed by atoms with E-state index in [0.717, 1.165) is 0 Å². The summed E-state index contributed by atoms with van der Waals surface area (Å²) < 4.78 is 36.8. The lowest BCUT2D eigenvalue weighted by molar-refractivity contribution is -0.398. The van der Waals surface area contributed by atoms with Crippen LogP contribution in [0.4, 0.5) is 24.5 Å². The van der Waals surface area contributed by atoms with E-state index >= 15 is 0 Å². The zero-order valence-electron chi connectivity index (χ0n) is 8.06. The molecule has 1 rings (SSSR count). The molecule has 0 heterocycles. The summed E-state index contributed by atoms with van der Waals surface area (Å²) >= 11 is 2.36. The normalized spacial score (nSPS) is 11.3. The molecule has 7 nitrogen and oxygen atoms in total. The lowest BCUT2D eigenvalue weighted by atomic mass is 10.1. The molecule has 98 valence electrons. The molecule has 0 saturated heterocycles. The van der Waals surface area contributed by atoms with Gasteiger partial charge in [-0.05, 0) is 15.9 Å². The second-order valence-corrected chi connectivity index (χ2v) is 3.82. The number of hydrogen-bond donors (Lipinski definition) is 1. The second-order valence-electron chi connectivity index (χ2n) is 2.96. The summed E-state index contributed by atoms with van der Waals surface area (Å²) in [5, 5.41) is 30.1. The molecule has 1 aromatic rings. The first-order valence-corrected chi connectivity index (χ1v) is 4.78. The van der Waals surface area contributed by atoms with Crippen molar-refractivity contribution in [2.75, 3.05) is 0 Å². The van der Waals surface area contributed by atoms with E-state index in [2.05, 4.69) is 15.9 Å². The van der Waals surface area contributed by atoms with Gasteiger partial charge in [-0.25, -0.2) is 0 Å². The summed E-state index contributed by atoms with van der Waals surface area (Å²) in [4.78, 5) is 18.2. The smallest absolute Gasteiger partial charge is 0.424 e. The van der Waals surface area contributed by atoms with E-state index in [1.54, 1.807) is 0 Å². The summed E-state index contributed by atoms with van der Waals surface area (Å²) in [6.07, 6.45) is -5.14. The van der Waals surface area contributed by atoms with Crippen LogP contribution in [-0.4, -0.2) is 15.0 Å². The average molecular weight is 331 g/mol. The molecule has 0 radical (unpaired) electrons. The van der Waals surface area contributed by atoms with Crippen LogP contribution in [0, 0.1) is 20.2 Å². The van der Waals surface area contributed by atoms with Crippen molar-refractivity contribution in [3.05, 3.63) is 36.3 Å². The average Bonchev–Trinajstić information content (AvgIpc) is 2.17. The quantitative estimate of drug-likeness (QED) is 0.662. The zero-order valence-corrected chi connectivity index (χ0v) is 9.65. The van der Waals surface area contributed by atoms with Gasteiger partial charge in [0.2, 0.25) is 0 Å². The Labute approximate surface area is 104 Å². The van der Waals surface area contributed by atoms with Crippen LogP contribution in [0.15, 0.2) is 10.5 Å². The van der Waals surface area contributed by atoms with Crippen LogP contribution in [0.5, 0.6) is 5.75 Å². The van der Waals surface area contributed by atoms with Crippen molar-refractivity contribution in [1.82, 2.24) is 0 Å². The van der Waals surface area contributed by atoms with Crippen molar-refractivity contribution in [2.24, 2.45) is 0 Å². The molecule has 0 unspecified atom stereocenters. The minimum Gasteiger partial charge on any atom is -0.497 e. The first-order chi connectivity index (χ1) is 8.07. The Morgan fingerprint density at radius 3 is 2.06 bits per heavy atom. The third kappa shape index (κ3) is 2.34. The predicted octanol–water partition coefficient (Wildman–Crippen LogP) is 2.99. The van der Waals surface area contributed by atoms with E-state index in [0.29, 0.717) is 6.07 Å². The summed E-state index contributed by atoms with van der Waals surface area (Å²) in [5.74, 6) is -1.64. The summed E-state index contributed by atoms with van der Waals surface area (Å²) in [5.41, 5.74) is -4.74. The van der Waals surface area contributed by atoms with Crippen molar-refractivity contribution < 1.29 is 28.1 Å². The molecule has 0 atom stereocenters. The number of phenolic OH excluding ortho intramolecular Hbond substituents is 1. The molecule has 0 fully saturated rings. The lowest BCUT2D eigenvalue weighted by Crippen LogP contribution is -2.11. The van der Waals surface area contributed by atoms with Crippen LogP contribution < -0.4 is 0 Å². The molecule has 0 spiro atoms. The molecular formula is C7H2BrF3N2O5. The minimum absolute atomic E-state index is 0.352. The highest BCUT2D eigenvalue weighted by Gasteiger charge is 2.45. The number of phenols is 1. The van der Waals surface area contributed by atoms with Crippen LogP contribution >= 0.6 is 15.9 Å². The maximum absolute atomic E-state index is 12.6. The lowest BCUT2D eigenvalue weighted by Gasteiger charge is -2.10. The standard InChI is InChI=1S/C7H2BrF3N2O5/c8-2-1-3(12(15)16)6(14)5(13(17)18)4(2)7(9,10)11/h1,14H. The van der Waals surface area contributed by atoms with Gasteiger partial charge in [0.1, 0.15) is 0 Å². The Morgan fingerprint density at radius 1 is 1.22 bits per heavy atom. The predicted molar refractivity (Wildman–Crippen MR) is 54.1 cm³/mol. The Hall–Kier alpha value is -1.91. The Bertz CT molecular complexity index is 545. The number of nitro groups is 2. The first kappa shape index (κ1) is 14.2. The zero-order chi connectivity index (χ0) is 14.2. The number of rotatable bonds is 2. The molecule has 1 aromatic carbocycles. The van der Waals surface area contributed by atoms with Crippen LogP contribution in [0.25, 0.3) is 0 Å². The molecule has 1 N–H and O–H groups in total. The maximum Gasteiger partial charge on any atom is 0.424 e. The third-order valence-corrected chi connectivity index (χ3v) is 2.49. The summed E-state index contributed by atoms with van der Waals surface area (Å²) in [6.45, 7) is 0. The van der Waals surface area contributed by atoms with E-state index in [9.17, 15) is 38.5 Å². The molecule has 0 saturated carbocycles. The van der Waals surface area contributed by atoms with Gasteiger partial charge in [-0.1, -0.05) is 0 Å². The Balaban J connectivity index is 3.80. The van der Waals surface area contributed by atoms with E-state index in [4.69, 9.17) is 0 Å². The van der Waals surface area contributed by atoms with E-state index in [1.807, 2.05) is 0 Å². The van der Waals surface area contributed by atoms with Gasteiger partial charge in [-0.3, -0.25) is 20.2 Å². The first-order valence-electron chi connectivity index (χ1n) is 3.98. The van der Waals surface area contributed by atoms with Crippen molar-refractivity contribution in [2.45, 2.75) is 6.18 Å². The van der Waals surface area contributed by atoms with Gasteiger partial charge in [0.25, 0.3) is 5.75 Å². The highest BCUT2D eigenvalue weighted by atomic mass is 79.9. The van der Waals surface area contributed by atoms with Crippen LogP contribution in [0.2, 0.25) is 0 Å². The maximum atomic E-state index is 12.6. The molecule has 0 aromatic heterocycles. The molecule has 0 amide bonds. The van der Waals surface area contributed by atoms with Crippen molar-refractivity contribution in [3.63, 3.8) is 0 Å². The second kappa shape index (κ2) is 4.40. The van der Waals surface area contributed by atoms with E-state index in [-0.39, 0.29) is 0 Å². The minimum atomic E-state index is -5.14. The number of alkyl halides is 3. The summed E-state index contributed by atoms with van der Waals surface area (Å²) in [7, 11) is 0. The fourth-order valence-corrected chi connectivity index (χ4v) is 1.83. The third-order valence-electron chi connectivity index (χ3n) is 1.87. The van der Waals surface area contributed by atoms with Crippen LogP contribution in [-0.2, 0) is 6.18 Å². The van der Waals surface area contributed by atoms with Gasteiger partial charge in [0.05, 0.1) is 9.85 Å². The number of nitro benzene ring substituents is 2. The van der Waals surface area contributed by atoms with E-state index in [1.165, 1.54) is 0 Å². The Morgan fingerprint density at radius 2 is 1.72 bits per heavy atom. The highest BCUT2D eigenvalue weighted by molar-refractivity contribution is 9.10. The van der Waals surface area contributed by atoms with Gasteiger partial charge in [0.15, 0.2) is 5.56 Å². The molecule has 0 bridgehead atoms. The van der Waals surface area contributed by atoms with Gasteiger partial charge >= 0.3 is 17.6 Å². The Kier molecular flexibility index (Phi) is 3.46. The number of hydrogen-bond acceptors (Lipinski definition) is 5. The molecule has 0 aliphatic carbocycles. The van der Waals surface area contributed by atoms with Crippen molar-refractivity contribution >= 4 is 27.3 Å². The largest absolute Gasteiger partial charge is 0.497 e. The van der Waals surface area contributed by atoms with Gasteiger partial charge < -0.3 is 5.11 Å².